The SMILES string of the molecule is Cc1cc(/C=N\NC(=O)Cc2ccc(Br)cc2)c(C)n1-c1ccccc1I. The van der Waals surface area contributed by atoms with Crippen molar-refractivity contribution in [3.05, 3.63) is 85.2 Å². The average Bonchev–Trinajstić information content (AvgIpc) is 2.91. The smallest absolute Gasteiger partial charge is 0.244 e. The summed E-state index contributed by atoms with van der Waals surface area (Å²) in [6.45, 7) is 4.13. The molecule has 3 rings (SSSR count). The van der Waals surface area contributed by atoms with Gasteiger partial charge in [-0.1, -0.05) is 40.2 Å². The largest absolute Gasteiger partial charge is 0.317 e. The number of para-hydroxylation sites is 1. The van der Waals surface area contributed by atoms with Crippen LogP contribution in [0.15, 0.2) is 64.2 Å². The van der Waals surface area contributed by atoms with Crippen molar-refractivity contribution >= 4 is 50.6 Å². The van der Waals surface area contributed by atoms with Gasteiger partial charge in [-0.3, -0.25) is 4.79 Å². The highest BCUT2D eigenvalue weighted by molar-refractivity contribution is 14.1. The molecule has 0 spiro atoms. The number of rotatable bonds is 5. The van der Waals surface area contributed by atoms with E-state index in [2.05, 4.69) is 85.7 Å². The summed E-state index contributed by atoms with van der Waals surface area (Å²) in [6.07, 6.45) is 2.00. The van der Waals surface area contributed by atoms with E-state index >= 15 is 0 Å². The van der Waals surface area contributed by atoms with Gasteiger partial charge in [0.25, 0.3) is 0 Å². The quantitative estimate of drug-likeness (QED) is 0.274. The molecule has 0 fully saturated rings. The molecule has 1 amide bonds. The Balaban J connectivity index is 1.71. The van der Waals surface area contributed by atoms with Crippen molar-refractivity contribution in [2.45, 2.75) is 20.3 Å². The summed E-state index contributed by atoms with van der Waals surface area (Å²) in [4.78, 5) is 12.1. The standard InChI is InChI=1S/C21H19BrIN3O/c1-14-11-17(15(2)26(14)20-6-4-3-5-19(20)23)13-24-25-21(27)12-16-7-9-18(22)10-8-16/h3-11,13H,12H2,1-2H3,(H,25,27)/b24-13-. The number of benzene rings is 2. The van der Waals surface area contributed by atoms with Crippen molar-refractivity contribution in [1.29, 1.82) is 0 Å². The fourth-order valence-electron chi connectivity index (χ4n) is 2.92. The van der Waals surface area contributed by atoms with Gasteiger partial charge in [-0.05, 0) is 72.3 Å². The minimum atomic E-state index is -0.139. The molecular weight excluding hydrogens is 517 g/mol. The minimum absolute atomic E-state index is 0.139. The summed E-state index contributed by atoms with van der Waals surface area (Å²) in [6, 6.07) is 18.0. The summed E-state index contributed by atoms with van der Waals surface area (Å²) < 4.78 is 4.38. The Morgan fingerprint density at radius 2 is 1.89 bits per heavy atom. The van der Waals surface area contributed by atoms with E-state index in [0.717, 1.165) is 32.7 Å². The van der Waals surface area contributed by atoms with Crippen molar-refractivity contribution < 1.29 is 4.79 Å². The second-order valence-electron chi connectivity index (χ2n) is 6.21. The van der Waals surface area contributed by atoms with E-state index in [0.29, 0.717) is 6.42 Å². The van der Waals surface area contributed by atoms with Gasteiger partial charge in [0.2, 0.25) is 5.91 Å². The zero-order valence-electron chi connectivity index (χ0n) is 15.0. The lowest BCUT2D eigenvalue weighted by Gasteiger charge is -2.11. The molecule has 0 radical (unpaired) electrons. The highest BCUT2D eigenvalue weighted by Crippen LogP contribution is 2.23. The Hall–Kier alpha value is -1.93. The van der Waals surface area contributed by atoms with E-state index in [-0.39, 0.29) is 5.91 Å². The Bertz CT molecular complexity index is 993. The molecule has 2 aromatic carbocycles. The number of aryl methyl sites for hydroxylation is 1. The molecule has 1 N–H and O–H groups in total. The van der Waals surface area contributed by atoms with E-state index in [1.165, 1.54) is 3.57 Å². The maximum atomic E-state index is 12.1. The van der Waals surface area contributed by atoms with Crippen molar-refractivity contribution in [3.8, 4) is 5.69 Å². The molecular formula is C21H19BrIN3O. The van der Waals surface area contributed by atoms with Crippen LogP contribution in [-0.4, -0.2) is 16.7 Å². The number of hydrogen-bond acceptors (Lipinski definition) is 2. The molecule has 0 aliphatic heterocycles. The van der Waals surface area contributed by atoms with Gasteiger partial charge in [0.15, 0.2) is 0 Å². The third kappa shape index (κ3) is 4.87. The van der Waals surface area contributed by atoms with E-state index in [1.807, 2.05) is 36.4 Å². The van der Waals surface area contributed by atoms with Crippen LogP contribution in [0.2, 0.25) is 0 Å². The molecule has 27 heavy (non-hydrogen) atoms. The predicted octanol–water partition coefficient (Wildman–Crippen LogP) is 5.15. The Morgan fingerprint density at radius 3 is 2.59 bits per heavy atom. The minimum Gasteiger partial charge on any atom is -0.317 e. The highest BCUT2D eigenvalue weighted by Gasteiger charge is 2.11. The lowest BCUT2D eigenvalue weighted by molar-refractivity contribution is -0.120. The highest BCUT2D eigenvalue weighted by atomic mass is 127. The second-order valence-corrected chi connectivity index (χ2v) is 8.29. The zero-order valence-corrected chi connectivity index (χ0v) is 18.8. The molecule has 6 heteroatoms. The average molecular weight is 536 g/mol. The Labute approximate surface area is 180 Å². The first-order chi connectivity index (χ1) is 13.0. The van der Waals surface area contributed by atoms with E-state index in [9.17, 15) is 4.79 Å². The fourth-order valence-corrected chi connectivity index (χ4v) is 3.82. The molecule has 0 unspecified atom stereocenters. The molecule has 0 aliphatic rings. The summed E-state index contributed by atoms with van der Waals surface area (Å²) >= 11 is 5.73. The summed E-state index contributed by atoms with van der Waals surface area (Å²) in [5, 5.41) is 4.14. The van der Waals surface area contributed by atoms with Crippen molar-refractivity contribution in [2.75, 3.05) is 0 Å². The van der Waals surface area contributed by atoms with Crippen molar-refractivity contribution in [3.63, 3.8) is 0 Å². The number of nitrogens with one attached hydrogen (secondary N) is 1. The van der Waals surface area contributed by atoms with Gasteiger partial charge < -0.3 is 4.57 Å². The summed E-state index contributed by atoms with van der Waals surface area (Å²) in [7, 11) is 0. The van der Waals surface area contributed by atoms with Crippen LogP contribution in [0.4, 0.5) is 0 Å². The van der Waals surface area contributed by atoms with Gasteiger partial charge in [0, 0.05) is 25.0 Å². The number of nitrogens with zero attached hydrogens (tertiary/aromatic N) is 2. The number of hydrogen-bond donors (Lipinski definition) is 1. The number of halogens is 2. The number of carbonyl (C=O) groups is 1. The molecule has 1 heterocycles. The maximum absolute atomic E-state index is 12.1. The number of carbonyl (C=O) groups excluding carboxylic acids is 1. The third-order valence-corrected chi connectivity index (χ3v) is 5.68. The first-order valence-electron chi connectivity index (χ1n) is 8.46. The predicted molar refractivity (Wildman–Crippen MR) is 122 cm³/mol. The fraction of sp³-hybridized carbons (Fsp3) is 0.143. The van der Waals surface area contributed by atoms with Crippen LogP contribution in [-0.2, 0) is 11.2 Å². The van der Waals surface area contributed by atoms with Crippen LogP contribution >= 0.6 is 38.5 Å². The van der Waals surface area contributed by atoms with Crippen LogP contribution in [0.25, 0.3) is 5.69 Å². The molecule has 0 saturated carbocycles. The molecule has 4 nitrogen and oxygen atoms in total. The zero-order chi connectivity index (χ0) is 19.4. The Morgan fingerprint density at radius 1 is 1.19 bits per heavy atom. The van der Waals surface area contributed by atoms with Gasteiger partial charge >= 0.3 is 0 Å². The monoisotopic (exact) mass is 535 g/mol. The molecule has 3 aromatic rings. The first-order valence-corrected chi connectivity index (χ1v) is 10.3. The van der Waals surface area contributed by atoms with Gasteiger partial charge in [0.05, 0.1) is 18.3 Å². The molecule has 1 aromatic heterocycles. The van der Waals surface area contributed by atoms with Gasteiger partial charge in [-0.2, -0.15) is 5.10 Å². The molecule has 0 aliphatic carbocycles. The number of amides is 1. The van der Waals surface area contributed by atoms with Crippen LogP contribution in [0.1, 0.15) is 22.5 Å². The van der Waals surface area contributed by atoms with Gasteiger partial charge in [-0.15, -0.1) is 0 Å². The molecule has 0 bridgehead atoms. The second kappa shape index (κ2) is 8.84. The Kier molecular flexibility index (Phi) is 6.49. The van der Waals surface area contributed by atoms with Gasteiger partial charge in [0.1, 0.15) is 0 Å². The van der Waals surface area contributed by atoms with Crippen LogP contribution in [0.3, 0.4) is 0 Å². The lowest BCUT2D eigenvalue weighted by Crippen LogP contribution is -2.19. The normalized spacial score (nSPS) is 11.1. The number of hydrazone groups is 1. The summed E-state index contributed by atoms with van der Waals surface area (Å²) in [5.74, 6) is -0.139. The van der Waals surface area contributed by atoms with E-state index in [4.69, 9.17) is 0 Å². The van der Waals surface area contributed by atoms with Crippen molar-refractivity contribution in [2.24, 2.45) is 5.10 Å². The van der Waals surface area contributed by atoms with Crippen LogP contribution in [0.5, 0.6) is 0 Å². The molecule has 0 atom stereocenters. The van der Waals surface area contributed by atoms with Gasteiger partial charge in [-0.25, -0.2) is 5.43 Å². The topological polar surface area (TPSA) is 46.4 Å². The third-order valence-electron chi connectivity index (χ3n) is 4.23. The van der Waals surface area contributed by atoms with Crippen LogP contribution < -0.4 is 5.43 Å². The number of aromatic nitrogens is 1. The summed E-state index contributed by atoms with van der Waals surface area (Å²) in [5.41, 5.74) is 7.89. The van der Waals surface area contributed by atoms with Crippen molar-refractivity contribution in [1.82, 2.24) is 9.99 Å². The molecule has 0 saturated heterocycles. The van der Waals surface area contributed by atoms with E-state index in [1.54, 1.807) is 6.21 Å². The lowest BCUT2D eigenvalue weighted by atomic mass is 10.1. The maximum Gasteiger partial charge on any atom is 0.244 e. The first kappa shape index (κ1) is 19.8. The molecule has 138 valence electrons. The van der Waals surface area contributed by atoms with E-state index < -0.39 is 0 Å². The van der Waals surface area contributed by atoms with Crippen LogP contribution in [0, 0.1) is 17.4 Å².